The van der Waals surface area contributed by atoms with Crippen molar-refractivity contribution >= 4 is 45.2 Å². The van der Waals surface area contributed by atoms with Crippen LogP contribution < -0.4 is 21.7 Å². The minimum absolute atomic E-state index is 0.126. The van der Waals surface area contributed by atoms with Crippen LogP contribution in [0, 0.1) is 0 Å². The van der Waals surface area contributed by atoms with Crippen molar-refractivity contribution in [2.75, 3.05) is 13.2 Å². The number of carbonyl (C=O) groups excluding carboxylic acids is 3. The first-order valence-corrected chi connectivity index (χ1v) is 13.2. The number of aliphatic carboxylic acids is 1. The predicted molar refractivity (Wildman–Crippen MR) is 155 cm³/mol. The molecule has 3 atom stereocenters. The van der Waals surface area contributed by atoms with Crippen LogP contribution in [0.5, 0.6) is 0 Å². The van der Waals surface area contributed by atoms with Crippen LogP contribution in [-0.2, 0) is 32.0 Å². The molecule has 0 aliphatic rings. The van der Waals surface area contributed by atoms with Crippen molar-refractivity contribution in [2.45, 2.75) is 31.0 Å². The number of aliphatic hydroxyl groups excluding tert-OH is 1. The van der Waals surface area contributed by atoms with Gasteiger partial charge in [-0.05, 0) is 39.1 Å². The number of carboxylic acids is 1. The summed E-state index contributed by atoms with van der Waals surface area (Å²) in [6.07, 6.45) is 0.377. The summed E-state index contributed by atoms with van der Waals surface area (Å²) in [4.78, 5) is 49.5. The van der Waals surface area contributed by atoms with Crippen LogP contribution in [0.2, 0.25) is 0 Å². The number of fused-ring (bicyclic) bond motifs is 2. The van der Waals surface area contributed by atoms with E-state index in [4.69, 9.17) is 15.9 Å². The van der Waals surface area contributed by atoms with E-state index < -0.39 is 55.0 Å². The number of aliphatic hydroxyl groups is 1. The number of benzene rings is 4. The van der Waals surface area contributed by atoms with Crippen molar-refractivity contribution in [3.8, 4) is 0 Å². The molecule has 0 heterocycles. The van der Waals surface area contributed by atoms with E-state index in [-0.39, 0.29) is 12.8 Å². The Morgan fingerprint density at radius 3 is 1.76 bits per heavy atom. The van der Waals surface area contributed by atoms with Gasteiger partial charge in [0, 0.05) is 6.42 Å². The Balaban J connectivity index is 1.46. The Labute approximate surface area is 236 Å². The summed E-state index contributed by atoms with van der Waals surface area (Å²) in [6.45, 7) is -1.35. The molecule has 10 nitrogen and oxygen atoms in total. The average molecular weight is 557 g/mol. The van der Waals surface area contributed by atoms with Crippen LogP contribution in [0.15, 0.2) is 84.9 Å². The fourth-order valence-electron chi connectivity index (χ4n) is 4.52. The molecule has 3 amide bonds. The van der Waals surface area contributed by atoms with Gasteiger partial charge in [0.25, 0.3) is 0 Å². The van der Waals surface area contributed by atoms with E-state index in [1.165, 1.54) is 0 Å². The maximum Gasteiger partial charge on any atom is 0.328 e. The van der Waals surface area contributed by atoms with Crippen LogP contribution in [0.1, 0.15) is 11.1 Å². The zero-order valence-electron chi connectivity index (χ0n) is 22.2. The van der Waals surface area contributed by atoms with Gasteiger partial charge >= 0.3 is 5.97 Å². The minimum atomic E-state index is -1.50. The standard InChI is InChI=1S/C31H32N4O6/c32-25(15-19-9-11-21-5-1-3-7-23(21)13-19)29(38)35-26(16-20-10-12-22-6-2-4-8-24(22)14-20)30(39)33-17-28(37)34-27(18-36)31(40)41/h1-14,25-27,36H,15-18,32H2,(H,33,39)(H,34,37)(H,35,38)(H,40,41)/t25-,26-,27-/m1/s1. The average Bonchev–Trinajstić information content (AvgIpc) is 2.97. The summed E-state index contributed by atoms with van der Waals surface area (Å²) in [5.41, 5.74) is 7.89. The molecule has 0 saturated carbocycles. The molecule has 212 valence electrons. The number of rotatable bonds is 12. The fraction of sp³-hybridized carbons (Fsp3) is 0.226. The highest BCUT2D eigenvalue weighted by Gasteiger charge is 2.26. The molecular formula is C31H32N4O6. The molecule has 0 aliphatic heterocycles. The summed E-state index contributed by atoms with van der Waals surface area (Å²) in [6, 6.07) is 23.6. The minimum Gasteiger partial charge on any atom is -0.480 e. The summed E-state index contributed by atoms with van der Waals surface area (Å²) in [7, 11) is 0. The zero-order chi connectivity index (χ0) is 29.4. The van der Waals surface area contributed by atoms with Crippen molar-refractivity contribution in [1.82, 2.24) is 16.0 Å². The van der Waals surface area contributed by atoms with E-state index in [1.54, 1.807) is 0 Å². The zero-order valence-corrected chi connectivity index (χ0v) is 22.2. The third-order valence-corrected chi connectivity index (χ3v) is 6.73. The molecule has 0 spiro atoms. The van der Waals surface area contributed by atoms with E-state index >= 15 is 0 Å². The number of nitrogens with one attached hydrogen (secondary N) is 3. The first kappa shape index (κ1) is 29.2. The Kier molecular flexibility index (Phi) is 9.62. The van der Waals surface area contributed by atoms with Gasteiger partial charge in [0.2, 0.25) is 17.7 Å². The maximum absolute atomic E-state index is 13.2. The highest BCUT2D eigenvalue weighted by Crippen LogP contribution is 2.18. The van der Waals surface area contributed by atoms with Crippen molar-refractivity contribution in [3.63, 3.8) is 0 Å². The molecular weight excluding hydrogens is 524 g/mol. The number of carbonyl (C=O) groups is 4. The van der Waals surface area contributed by atoms with E-state index in [9.17, 15) is 19.2 Å². The SMILES string of the molecule is N[C@H](Cc1ccc2ccccc2c1)C(=O)N[C@H](Cc1ccc2ccccc2c1)C(=O)NCC(=O)N[C@H](CO)C(=O)O. The molecule has 0 bridgehead atoms. The van der Waals surface area contributed by atoms with Crippen LogP contribution >= 0.6 is 0 Å². The van der Waals surface area contributed by atoms with Gasteiger partial charge in [-0.25, -0.2) is 4.79 Å². The largest absolute Gasteiger partial charge is 0.480 e. The Morgan fingerprint density at radius 2 is 1.22 bits per heavy atom. The fourth-order valence-corrected chi connectivity index (χ4v) is 4.52. The Bertz CT molecular complexity index is 1570. The second-order valence-electron chi connectivity index (χ2n) is 9.80. The third-order valence-electron chi connectivity index (χ3n) is 6.73. The van der Waals surface area contributed by atoms with Gasteiger partial charge in [0.15, 0.2) is 0 Å². The molecule has 0 fully saturated rings. The van der Waals surface area contributed by atoms with E-state index in [0.717, 1.165) is 32.7 Å². The van der Waals surface area contributed by atoms with Crippen LogP contribution in [-0.4, -0.2) is 65.2 Å². The smallest absolute Gasteiger partial charge is 0.328 e. The highest BCUT2D eigenvalue weighted by atomic mass is 16.4. The molecule has 0 aliphatic carbocycles. The van der Waals surface area contributed by atoms with E-state index in [0.29, 0.717) is 0 Å². The molecule has 0 unspecified atom stereocenters. The summed E-state index contributed by atoms with van der Waals surface area (Å²) in [5, 5.41) is 29.5. The molecule has 0 saturated heterocycles. The molecule has 4 rings (SSSR count). The number of nitrogens with two attached hydrogens (primary N) is 1. The van der Waals surface area contributed by atoms with Crippen molar-refractivity contribution in [1.29, 1.82) is 0 Å². The second-order valence-corrected chi connectivity index (χ2v) is 9.80. The number of amides is 3. The van der Waals surface area contributed by atoms with Gasteiger partial charge in [0.1, 0.15) is 12.1 Å². The number of carboxylic acid groups (broad SMARTS) is 1. The van der Waals surface area contributed by atoms with Gasteiger partial charge in [-0.1, -0.05) is 84.9 Å². The normalized spacial score (nSPS) is 13.2. The molecule has 7 N–H and O–H groups in total. The summed E-state index contributed by atoms with van der Waals surface area (Å²) >= 11 is 0. The van der Waals surface area contributed by atoms with Gasteiger partial charge < -0.3 is 31.9 Å². The lowest BCUT2D eigenvalue weighted by molar-refractivity contribution is -0.142. The number of hydrogen-bond donors (Lipinski definition) is 6. The van der Waals surface area contributed by atoms with E-state index in [1.807, 2.05) is 84.9 Å². The van der Waals surface area contributed by atoms with Crippen molar-refractivity contribution in [2.24, 2.45) is 5.73 Å². The van der Waals surface area contributed by atoms with Crippen LogP contribution in [0.25, 0.3) is 21.5 Å². The molecule has 10 heteroatoms. The first-order chi connectivity index (χ1) is 19.7. The lowest BCUT2D eigenvalue weighted by atomic mass is 9.99. The Morgan fingerprint density at radius 1 is 0.683 bits per heavy atom. The van der Waals surface area contributed by atoms with E-state index in [2.05, 4.69) is 16.0 Å². The topological polar surface area (TPSA) is 171 Å². The van der Waals surface area contributed by atoms with Gasteiger partial charge in [0.05, 0.1) is 19.2 Å². The van der Waals surface area contributed by atoms with Crippen LogP contribution in [0.3, 0.4) is 0 Å². The van der Waals surface area contributed by atoms with Gasteiger partial charge in [-0.2, -0.15) is 0 Å². The van der Waals surface area contributed by atoms with Crippen LogP contribution in [0.4, 0.5) is 0 Å². The van der Waals surface area contributed by atoms with Crippen molar-refractivity contribution < 1.29 is 29.4 Å². The van der Waals surface area contributed by atoms with Crippen molar-refractivity contribution in [3.05, 3.63) is 96.1 Å². The lowest BCUT2D eigenvalue weighted by Crippen LogP contribution is -2.54. The number of hydrogen-bond acceptors (Lipinski definition) is 6. The monoisotopic (exact) mass is 556 g/mol. The molecule has 4 aromatic rings. The maximum atomic E-state index is 13.2. The molecule has 0 radical (unpaired) electrons. The third kappa shape index (κ3) is 7.87. The predicted octanol–water partition coefficient (Wildman–Crippen LogP) is 1.27. The first-order valence-electron chi connectivity index (χ1n) is 13.2. The summed E-state index contributed by atoms with van der Waals surface area (Å²) < 4.78 is 0. The quantitative estimate of drug-likeness (QED) is 0.153. The highest BCUT2D eigenvalue weighted by molar-refractivity contribution is 5.93. The molecule has 41 heavy (non-hydrogen) atoms. The summed E-state index contributed by atoms with van der Waals surface area (Å²) in [5.74, 6) is -3.39. The van der Waals surface area contributed by atoms with Gasteiger partial charge in [-0.3, -0.25) is 14.4 Å². The lowest BCUT2D eigenvalue weighted by Gasteiger charge is -2.21. The second kappa shape index (κ2) is 13.5. The van der Waals surface area contributed by atoms with Gasteiger partial charge in [-0.15, -0.1) is 0 Å². The Hall–Kier alpha value is -4.80. The molecule has 0 aromatic heterocycles. The molecule has 4 aromatic carbocycles.